The van der Waals surface area contributed by atoms with Gasteiger partial charge in [-0.25, -0.2) is 4.79 Å². The molecule has 2 saturated heterocycles. The molecule has 7 heteroatoms. The van der Waals surface area contributed by atoms with E-state index in [1.807, 2.05) is 6.92 Å². The number of para-hydroxylation sites is 1. The second-order valence-corrected chi connectivity index (χ2v) is 5.36. The molecule has 0 amide bonds. The predicted octanol–water partition coefficient (Wildman–Crippen LogP) is 1.39. The van der Waals surface area contributed by atoms with E-state index in [0.29, 0.717) is 19.6 Å². The van der Waals surface area contributed by atoms with Crippen molar-refractivity contribution in [3.63, 3.8) is 0 Å². The molecule has 1 aromatic carbocycles. The van der Waals surface area contributed by atoms with Crippen molar-refractivity contribution in [2.24, 2.45) is 0 Å². The number of carbonyl (C=O) groups is 1. The average Bonchev–Trinajstić information content (AvgIpc) is 3.05. The lowest BCUT2D eigenvalue weighted by atomic mass is 10.2. The van der Waals surface area contributed by atoms with Gasteiger partial charge < -0.3 is 29.2 Å². The summed E-state index contributed by atoms with van der Waals surface area (Å²) < 4.78 is 22.6. The molecule has 0 saturated carbocycles. The van der Waals surface area contributed by atoms with Crippen LogP contribution in [0.25, 0.3) is 0 Å². The van der Waals surface area contributed by atoms with Crippen molar-refractivity contribution >= 4 is 5.97 Å². The molecule has 120 valence electrons. The smallest absolute Gasteiger partial charge is 0.339 e. The highest BCUT2D eigenvalue weighted by Crippen LogP contribution is 2.37. The Hall–Kier alpha value is -1.83. The molecule has 7 nitrogen and oxygen atoms in total. The average molecular weight is 310 g/mol. The summed E-state index contributed by atoms with van der Waals surface area (Å²) in [6, 6.07) is 4.32. The van der Waals surface area contributed by atoms with E-state index in [4.69, 9.17) is 24.1 Å². The number of hydrogen-bond acceptors (Lipinski definition) is 6. The minimum atomic E-state index is -1.21. The van der Waals surface area contributed by atoms with Crippen LogP contribution < -0.4 is 4.74 Å². The maximum absolute atomic E-state index is 11.0. The number of carboxylic acids is 1. The zero-order chi connectivity index (χ0) is 15.7. The van der Waals surface area contributed by atoms with Gasteiger partial charge in [0.2, 0.25) is 5.79 Å². The normalized spacial score (nSPS) is 30.2. The number of fused-ring (bicyclic) bond motifs is 1. The molecule has 0 radical (unpaired) electrons. The number of hydrogen-bond donors (Lipinski definition) is 2. The van der Waals surface area contributed by atoms with E-state index in [2.05, 4.69) is 0 Å². The van der Waals surface area contributed by atoms with E-state index >= 15 is 0 Å². The standard InChI is InChI=1S/C15H18O7/c1-2-15(21-11-6-19-7-12(11)22-15)8-20-10-5-3-4-9(13(10)16)14(17)18/h3-5,11-12,16H,2,6-8H2,1H3,(H,17,18). The van der Waals surface area contributed by atoms with Crippen LogP contribution in [0.5, 0.6) is 11.5 Å². The molecule has 0 aliphatic carbocycles. The number of ether oxygens (including phenoxy) is 4. The number of benzene rings is 1. The third-order valence-corrected chi connectivity index (χ3v) is 3.93. The summed E-state index contributed by atoms with van der Waals surface area (Å²) in [5.74, 6) is -2.42. The number of phenols is 1. The van der Waals surface area contributed by atoms with Crippen LogP contribution in [0.15, 0.2) is 18.2 Å². The first-order valence-corrected chi connectivity index (χ1v) is 7.16. The molecule has 2 unspecified atom stereocenters. The lowest BCUT2D eigenvalue weighted by molar-refractivity contribution is -0.208. The SMILES string of the molecule is CCC1(COc2cccc(C(=O)O)c2O)OC2COCC2O1. The number of rotatable bonds is 5. The van der Waals surface area contributed by atoms with Gasteiger partial charge in [-0.15, -0.1) is 0 Å². The third-order valence-electron chi connectivity index (χ3n) is 3.93. The highest BCUT2D eigenvalue weighted by atomic mass is 16.8. The molecule has 3 rings (SSSR count). The third kappa shape index (κ3) is 2.63. The van der Waals surface area contributed by atoms with Gasteiger partial charge in [0.1, 0.15) is 24.4 Å². The molecule has 2 aliphatic rings. The second kappa shape index (κ2) is 5.75. The Kier molecular flexibility index (Phi) is 3.94. The summed E-state index contributed by atoms with van der Waals surface area (Å²) in [6.45, 7) is 2.96. The van der Waals surface area contributed by atoms with Crippen molar-refractivity contribution in [2.45, 2.75) is 31.3 Å². The predicted molar refractivity (Wildman–Crippen MR) is 74.1 cm³/mol. The molecular formula is C15H18O7. The lowest BCUT2D eigenvalue weighted by Gasteiger charge is -2.27. The van der Waals surface area contributed by atoms with Crippen molar-refractivity contribution in [1.29, 1.82) is 0 Å². The summed E-state index contributed by atoms with van der Waals surface area (Å²) in [7, 11) is 0. The van der Waals surface area contributed by atoms with Gasteiger partial charge in [0.05, 0.1) is 13.2 Å². The topological polar surface area (TPSA) is 94.5 Å². The Morgan fingerprint density at radius 2 is 2.05 bits per heavy atom. The van der Waals surface area contributed by atoms with E-state index < -0.39 is 17.5 Å². The van der Waals surface area contributed by atoms with E-state index in [1.165, 1.54) is 18.2 Å². The van der Waals surface area contributed by atoms with Crippen LogP contribution in [0.4, 0.5) is 0 Å². The van der Waals surface area contributed by atoms with Gasteiger partial charge in [-0.2, -0.15) is 0 Å². The fourth-order valence-electron chi connectivity index (χ4n) is 2.65. The van der Waals surface area contributed by atoms with Gasteiger partial charge in [-0.1, -0.05) is 13.0 Å². The zero-order valence-electron chi connectivity index (χ0n) is 12.2. The molecule has 2 fully saturated rings. The summed E-state index contributed by atoms with van der Waals surface area (Å²) in [6.07, 6.45) is 0.351. The molecule has 2 heterocycles. The summed E-state index contributed by atoms with van der Waals surface area (Å²) in [4.78, 5) is 11.0. The molecule has 2 N–H and O–H groups in total. The van der Waals surface area contributed by atoms with Gasteiger partial charge in [0.25, 0.3) is 0 Å². The van der Waals surface area contributed by atoms with E-state index in [1.54, 1.807) is 0 Å². The van der Waals surface area contributed by atoms with Crippen molar-refractivity contribution in [2.75, 3.05) is 19.8 Å². The van der Waals surface area contributed by atoms with Crippen molar-refractivity contribution in [1.82, 2.24) is 0 Å². The minimum Gasteiger partial charge on any atom is -0.504 e. The lowest BCUT2D eigenvalue weighted by Crippen LogP contribution is -2.38. The number of aromatic carboxylic acids is 1. The Bertz CT molecular complexity index is 559. The summed E-state index contributed by atoms with van der Waals surface area (Å²) >= 11 is 0. The van der Waals surface area contributed by atoms with Crippen LogP contribution in [0.1, 0.15) is 23.7 Å². The van der Waals surface area contributed by atoms with E-state index in [0.717, 1.165) is 0 Å². The van der Waals surface area contributed by atoms with E-state index in [9.17, 15) is 9.90 Å². The quantitative estimate of drug-likeness (QED) is 0.848. The monoisotopic (exact) mass is 310 g/mol. The largest absolute Gasteiger partial charge is 0.504 e. The maximum atomic E-state index is 11.0. The van der Waals surface area contributed by atoms with Crippen LogP contribution in [0.2, 0.25) is 0 Å². The van der Waals surface area contributed by atoms with Gasteiger partial charge in [-0.3, -0.25) is 0 Å². The molecule has 2 atom stereocenters. The first-order valence-electron chi connectivity index (χ1n) is 7.16. The first kappa shape index (κ1) is 15.1. The zero-order valence-corrected chi connectivity index (χ0v) is 12.2. The molecule has 0 spiro atoms. The Morgan fingerprint density at radius 3 is 2.64 bits per heavy atom. The van der Waals surface area contributed by atoms with Crippen LogP contribution in [-0.2, 0) is 14.2 Å². The Balaban J connectivity index is 1.72. The molecule has 22 heavy (non-hydrogen) atoms. The second-order valence-electron chi connectivity index (χ2n) is 5.36. The fourth-order valence-corrected chi connectivity index (χ4v) is 2.65. The maximum Gasteiger partial charge on any atom is 0.339 e. The molecule has 0 aromatic heterocycles. The highest BCUT2D eigenvalue weighted by molar-refractivity contribution is 5.91. The van der Waals surface area contributed by atoms with Gasteiger partial charge >= 0.3 is 5.97 Å². The highest BCUT2D eigenvalue weighted by Gasteiger charge is 2.49. The summed E-state index contributed by atoms with van der Waals surface area (Å²) in [5.41, 5.74) is -0.207. The van der Waals surface area contributed by atoms with Crippen LogP contribution in [-0.4, -0.2) is 54.0 Å². The Morgan fingerprint density at radius 1 is 1.36 bits per heavy atom. The molecular weight excluding hydrogens is 292 g/mol. The summed E-state index contributed by atoms with van der Waals surface area (Å²) in [5, 5.41) is 18.9. The number of aromatic hydroxyl groups is 1. The van der Waals surface area contributed by atoms with E-state index in [-0.39, 0.29) is 30.1 Å². The van der Waals surface area contributed by atoms with Gasteiger partial charge in [0.15, 0.2) is 11.5 Å². The van der Waals surface area contributed by atoms with Gasteiger partial charge in [-0.05, 0) is 12.1 Å². The molecule has 1 aromatic rings. The van der Waals surface area contributed by atoms with Crippen LogP contribution in [0.3, 0.4) is 0 Å². The van der Waals surface area contributed by atoms with Crippen LogP contribution >= 0.6 is 0 Å². The van der Waals surface area contributed by atoms with Crippen molar-refractivity contribution in [3.05, 3.63) is 23.8 Å². The minimum absolute atomic E-state index is 0.0626. The van der Waals surface area contributed by atoms with Crippen molar-refractivity contribution in [3.8, 4) is 11.5 Å². The molecule has 2 aliphatic heterocycles. The van der Waals surface area contributed by atoms with Crippen LogP contribution in [0, 0.1) is 0 Å². The van der Waals surface area contributed by atoms with Crippen molar-refractivity contribution < 1.29 is 34.0 Å². The molecule has 0 bridgehead atoms. The Labute approximate surface area is 127 Å². The number of carboxylic acid groups (broad SMARTS) is 1. The fraction of sp³-hybridized carbons (Fsp3) is 0.533. The first-order chi connectivity index (χ1) is 10.5. The van der Waals surface area contributed by atoms with Gasteiger partial charge in [0, 0.05) is 6.42 Å².